The third-order valence-electron chi connectivity index (χ3n) is 14.5. The number of likely N-dealkylation sites (N-methyl/N-ethyl adjacent to an activating group) is 1. The molecule has 8 heterocycles. The molecule has 358 valence electrons. The summed E-state index contributed by atoms with van der Waals surface area (Å²) in [7, 11) is 1.92. The molecule has 2 aromatic carbocycles. The second kappa shape index (κ2) is 17.9. The van der Waals surface area contributed by atoms with E-state index in [-0.39, 0.29) is 66.1 Å². The molecule has 0 aliphatic carbocycles. The minimum Gasteiger partial charge on any atom is -0.505 e. The molecule has 2 atom stereocenters. The van der Waals surface area contributed by atoms with Gasteiger partial charge in [0.2, 0.25) is 17.8 Å². The summed E-state index contributed by atoms with van der Waals surface area (Å²) in [5, 5.41) is 19.8. The maximum atomic E-state index is 15.8. The number of carbonyl (C=O) groups is 4. The number of phenols is 1. The van der Waals surface area contributed by atoms with Crippen LogP contribution in [0.5, 0.6) is 5.75 Å². The summed E-state index contributed by atoms with van der Waals surface area (Å²) in [6.45, 7) is 18.1. The number of piperazine rings is 2. The van der Waals surface area contributed by atoms with Crippen LogP contribution in [0.3, 0.4) is 0 Å². The van der Waals surface area contributed by atoms with Crippen molar-refractivity contribution in [2.75, 3.05) is 97.0 Å². The number of rotatable bonds is 10. The average Bonchev–Trinajstić information content (AvgIpc) is 3.82. The van der Waals surface area contributed by atoms with Gasteiger partial charge in [-0.2, -0.15) is 10.1 Å². The molecule has 0 saturated carbocycles. The zero-order chi connectivity index (χ0) is 48.4. The smallest absolute Gasteiger partial charge is 0.277 e. The number of H-pyrrole nitrogens is 1. The summed E-state index contributed by atoms with van der Waals surface area (Å²) >= 11 is 0. The Morgan fingerprint density at radius 3 is 2.25 bits per heavy atom. The van der Waals surface area contributed by atoms with Gasteiger partial charge in [0.25, 0.3) is 11.8 Å². The van der Waals surface area contributed by atoms with Crippen LogP contribution in [-0.4, -0.2) is 164 Å². The van der Waals surface area contributed by atoms with Crippen LogP contribution in [0, 0.1) is 12.7 Å². The van der Waals surface area contributed by atoms with Crippen LogP contribution in [0.25, 0.3) is 10.9 Å². The van der Waals surface area contributed by atoms with Gasteiger partial charge < -0.3 is 39.4 Å². The zero-order valence-corrected chi connectivity index (χ0v) is 39.2. The lowest BCUT2D eigenvalue weighted by Gasteiger charge is -2.47. The number of aromatic nitrogens is 6. The zero-order valence-electron chi connectivity index (χ0n) is 39.2. The highest BCUT2D eigenvalue weighted by molar-refractivity contribution is 6.12. The van der Waals surface area contributed by atoms with Crippen molar-refractivity contribution in [2.24, 2.45) is 0 Å². The fraction of sp³-hybridized carbons (Fsp3) is 0.408. The van der Waals surface area contributed by atoms with Gasteiger partial charge in [0.05, 0.1) is 17.4 Å². The largest absolute Gasteiger partial charge is 0.505 e. The highest BCUT2D eigenvalue weighted by atomic mass is 19.1. The molecule has 3 fully saturated rings. The SMILES string of the molecule is C=CC(=O)N1CCN(c2ncnc3c2CCN(c2c(F)ccc(CN(C)C4CN(c5nc6c(c(N7C[C@@H](C)N(C(=O)C=C)C[C@@H]7C)n5)CCN(c5c(C)ccc7[nH]ncc57)C6=O)C4)c2O)C3=O)CC1. The molecule has 0 radical (unpaired) electrons. The van der Waals surface area contributed by atoms with Gasteiger partial charge in [-0.1, -0.05) is 25.3 Å². The molecule has 5 aromatic rings. The van der Waals surface area contributed by atoms with Gasteiger partial charge in [0.1, 0.15) is 40.8 Å². The van der Waals surface area contributed by atoms with Crippen molar-refractivity contribution in [3.8, 4) is 5.75 Å². The molecule has 0 unspecified atom stereocenters. The van der Waals surface area contributed by atoms with Crippen LogP contribution in [0.1, 0.15) is 57.1 Å². The van der Waals surface area contributed by atoms with Crippen molar-refractivity contribution >= 4 is 63.5 Å². The number of hydrogen-bond acceptors (Lipinski definition) is 14. The predicted molar refractivity (Wildman–Crippen MR) is 258 cm³/mol. The van der Waals surface area contributed by atoms with E-state index in [1.54, 1.807) is 16.0 Å². The number of amides is 4. The number of anilines is 5. The number of phenolic OH excluding ortho intramolecular Hbond substituents is 1. The first-order chi connectivity index (χ1) is 33.3. The number of nitrogens with zero attached hydrogens (tertiary/aromatic N) is 13. The van der Waals surface area contributed by atoms with Crippen molar-refractivity contribution in [3.05, 3.63) is 102 Å². The van der Waals surface area contributed by atoms with Crippen LogP contribution in [0.2, 0.25) is 0 Å². The number of carbonyl (C=O) groups excluding carboxylic acids is 4. The van der Waals surface area contributed by atoms with Gasteiger partial charge in [0.15, 0.2) is 5.82 Å². The van der Waals surface area contributed by atoms with Gasteiger partial charge in [-0.3, -0.25) is 29.2 Å². The number of aryl methyl sites for hydroxylation is 1. The number of halogens is 1. The standard InChI is InChI=1S/C49H55FN14O5/c1-7-38(65)58-17-19-59(20-18-58)45-33-13-16-62(47(68)40(33)51-27-52-45)43-36(50)11-10-31(44(43)67)24-57(6)32-25-60(26-32)49-54-41-34(46(55-49)64-23-29(4)63(22-30(64)5)39(66)8-2)14-15-61(48(41)69)42-28(3)9-12-37-35(42)21-53-56-37/h7-12,21,27,29-30,32,67H,1-2,13-20,22-26H2,3-6H3,(H,53,56)/t29-,30+/m1/s1. The Labute approximate surface area is 398 Å². The first kappa shape index (κ1) is 45.3. The Kier molecular flexibility index (Phi) is 11.7. The molecule has 5 aliphatic heterocycles. The third-order valence-corrected chi connectivity index (χ3v) is 14.5. The molecule has 10 rings (SSSR count). The topological polar surface area (TPSA) is 195 Å². The monoisotopic (exact) mass is 938 g/mol. The highest BCUT2D eigenvalue weighted by Crippen LogP contribution is 2.40. The summed E-state index contributed by atoms with van der Waals surface area (Å²) in [6, 6.07) is 6.46. The minimum absolute atomic E-state index is 0.0303. The Balaban J connectivity index is 0.879. The maximum Gasteiger partial charge on any atom is 0.277 e. The van der Waals surface area contributed by atoms with Crippen molar-refractivity contribution < 1.29 is 28.7 Å². The van der Waals surface area contributed by atoms with Crippen LogP contribution in [0.4, 0.5) is 33.3 Å². The second-order valence-electron chi connectivity index (χ2n) is 18.6. The van der Waals surface area contributed by atoms with E-state index in [0.29, 0.717) is 106 Å². The number of nitrogens with one attached hydrogen (secondary N) is 1. The van der Waals surface area contributed by atoms with E-state index in [1.807, 2.05) is 47.7 Å². The highest BCUT2D eigenvalue weighted by Gasteiger charge is 2.41. The van der Waals surface area contributed by atoms with E-state index in [2.05, 4.69) is 50.0 Å². The molecule has 69 heavy (non-hydrogen) atoms. The van der Waals surface area contributed by atoms with E-state index in [0.717, 1.165) is 27.7 Å². The fourth-order valence-corrected chi connectivity index (χ4v) is 10.5. The van der Waals surface area contributed by atoms with E-state index < -0.39 is 11.7 Å². The quantitative estimate of drug-likeness (QED) is 0.193. The summed E-state index contributed by atoms with van der Waals surface area (Å²) in [4.78, 5) is 87.7. The summed E-state index contributed by atoms with van der Waals surface area (Å²) < 4.78 is 15.8. The van der Waals surface area contributed by atoms with E-state index in [1.165, 1.54) is 35.5 Å². The Morgan fingerprint density at radius 1 is 0.826 bits per heavy atom. The molecule has 19 nitrogen and oxygen atoms in total. The van der Waals surface area contributed by atoms with Crippen LogP contribution in [-0.2, 0) is 29.0 Å². The number of benzene rings is 2. The first-order valence-electron chi connectivity index (χ1n) is 23.4. The lowest BCUT2D eigenvalue weighted by molar-refractivity contribution is -0.129. The van der Waals surface area contributed by atoms with Gasteiger partial charge in [0, 0.05) is 112 Å². The molecule has 0 bridgehead atoms. The molecular formula is C49H55FN14O5. The molecule has 4 amide bonds. The third kappa shape index (κ3) is 7.85. The van der Waals surface area contributed by atoms with Crippen molar-refractivity contribution in [2.45, 2.75) is 58.3 Å². The molecule has 0 spiro atoms. The van der Waals surface area contributed by atoms with Gasteiger partial charge >= 0.3 is 0 Å². The van der Waals surface area contributed by atoms with E-state index >= 15 is 4.39 Å². The Morgan fingerprint density at radius 2 is 1.52 bits per heavy atom. The van der Waals surface area contributed by atoms with Crippen LogP contribution >= 0.6 is 0 Å². The minimum atomic E-state index is -0.731. The molecule has 5 aliphatic rings. The first-order valence-corrected chi connectivity index (χ1v) is 23.4. The summed E-state index contributed by atoms with van der Waals surface area (Å²) in [5.41, 5.74) is 4.71. The fourth-order valence-electron chi connectivity index (χ4n) is 10.5. The van der Waals surface area contributed by atoms with Crippen molar-refractivity contribution in [3.63, 3.8) is 0 Å². The lowest BCUT2D eigenvalue weighted by atomic mass is 9.99. The van der Waals surface area contributed by atoms with Gasteiger partial charge in [-0.15, -0.1) is 0 Å². The number of aromatic amines is 1. The van der Waals surface area contributed by atoms with Crippen LogP contribution in [0.15, 0.2) is 62.1 Å². The number of fused-ring (bicyclic) bond motifs is 3. The van der Waals surface area contributed by atoms with E-state index in [9.17, 15) is 24.3 Å². The molecule has 3 saturated heterocycles. The molecule has 3 aromatic heterocycles. The number of aromatic hydroxyl groups is 1. The number of hydrogen-bond donors (Lipinski definition) is 2. The summed E-state index contributed by atoms with van der Waals surface area (Å²) in [5.74, 6) is -0.368. The van der Waals surface area contributed by atoms with Crippen LogP contribution < -0.4 is 24.5 Å². The lowest BCUT2D eigenvalue weighted by Crippen LogP contribution is -2.60. The van der Waals surface area contributed by atoms with Crippen molar-refractivity contribution in [1.29, 1.82) is 0 Å². The second-order valence-corrected chi connectivity index (χ2v) is 18.6. The molecular weight excluding hydrogens is 884 g/mol. The Bertz CT molecular complexity index is 2930. The van der Waals surface area contributed by atoms with Gasteiger partial charge in [-0.05, 0) is 70.5 Å². The van der Waals surface area contributed by atoms with Gasteiger partial charge in [-0.25, -0.2) is 19.3 Å². The molecule has 20 heteroatoms. The Hall–Kier alpha value is -7.48. The van der Waals surface area contributed by atoms with Crippen molar-refractivity contribution in [1.82, 2.24) is 44.8 Å². The summed E-state index contributed by atoms with van der Waals surface area (Å²) in [6.07, 6.45) is 6.56. The predicted octanol–water partition coefficient (Wildman–Crippen LogP) is 3.47. The normalized spacial score (nSPS) is 19.8. The average molecular weight is 939 g/mol. The molecule has 2 N–H and O–H groups in total. The maximum absolute atomic E-state index is 15.8. The van der Waals surface area contributed by atoms with E-state index in [4.69, 9.17) is 9.97 Å².